The highest BCUT2D eigenvalue weighted by molar-refractivity contribution is 5.88. The highest BCUT2D eigenvalue weighted by Gasteiger charge is 2.37. The average Bonchev–Trinajstić information content (AvgIpc) is 3.33. The molecule has 0 radical (unpaired) electrons. The molecule has 2 heterocycles. The van der Waals surface area contributed by atoms with Gasteiger partial charge in [-0.1, -0.05) is 12.1 Å². The Balaban J connectivity index is 1.39. The lowest BCUT2D eigenvalue weighted by molar-refractivity contribution is -0.184. The fourth-order valence-corrected chi connectivity index (χ4v) is 2.99. The smallest absolute Gasteiger partial charge is 0.320 e. The molecular formula is C18H22N4O3. The summed E-state index contributed by atoms with van der Waals surface area (Å²) in [6.07, 6.45) is 4.16. The van der Waals surface area contributed by atoms with Gasteiger partial charge in [0.1, 0.15) is 5.60 Å². The number of hydrogen-bond acceptors (Lipinski definition) is 4. The molecule has 7 heteroatoms. The number of carbonyl (C=O) groups excluding carboxylic acids is 1. The molecule has 25 heavy (non-hydrogen) atoms. The van der Waals surface area contributed by atoms with Crippen LogP contribution in [0.1, 0.15) is 25.3 Å². The minimum Gasteiger partial charge on any atom is -0.380 e. The second-order valence-electron chi connectivity index (χ2n) is 6.94. The Hall–Kier alpha value is -2.38. The number of nitrogens with one attached hydrogen (secondary N) is 2. The summed E-state index contributed by atoms with van der Waals surface area (Å²) < 4.78 is 6.77. The molecule has 2 amide bonds. The number of nitrogens with zero attached hydrogens (tertiary/aromatic N) is 2. The third-order valence-electron chi connectivity index (χ3n) is 4.87. The van der Waals surface area contributed by atoms with Crippen LogP contribution in [0.2, 0.25) is 0 Å². The molecule has 1 aromatic heterocycles. The van der Waals surface area contributed by atoms with Gasteiger partial charge in [-0.3, -0.25) is 5.32 Å². The van der Waals surface area contributed by atoms with Crippen molar-refractivity contribution in [2.45, 2.75) is 31.4 Å². The van der Waals surface area contributed by atoms with Gasteiger partial charge in [-0.25, -0.2) is 9.48 Å². The minimum absolute atomic E-state index is 0.191. The van der Waals surface area contributed by atoms with Gasteiger partial charge in [-0.05, 0) is 43.4 Å². The van der Waals surface area contributed by atoms with Crippen LogP contribution in [0, 0.1) is 5.92 Å². The predicted molar refractivity (Wildman–Crippen MR) is 92.6 cm³/mol. The number of urea groups is 1. The van der Waals surface area contributed by atoms with Gasteiger partial charge in [0.2, 0.25) is 0 Å². The third kappa shape index (κ3) is 3.38. The van der Waals surface area contributed by atoms with E-state index in [0.717, 1.165) is 11.3 Å². The molecule has 1 aliphatic carbocycles. The summed E-state index contributed by atoms with van der Waals surface area (Å²) in [4.78, 5) is 12.0. The molecule has 132 valence electrons. The van der Waals surface area contributed by atoms with Crippen LogP contribution in [-0.2, 0) is 10.3 Å². The van der Waals surface area contributed by atoms with Crippen molar-refractivity contribution < 1.29 is 14.6 Å². The van der Waals surface area contributed by atoms with Gasteiger partial charge in [-0.2, -0.15) is 0 Å². The van der Waals surface area contributed by atoms with Crippen molar-refractivity contribution in [2.24, 2.45) is 5.92 Å². The Morgan fingerprint density at radius 2 is 2.04 bits per heavy atom. The molecule has 3 N–H and O–H groups in total. The molecule has 2 aliphatic rings. The zero-order valence-electron chi connectivity index (χ0n) is 14.1. The molecule has 0 unspecified atom stereocenters. The van der Waals surface area contributed by atoms with Crippen LogP contribution in [0.4, 0.5) is 10.6 Å². The summed E-state index contributed by atoms with van der Waals surface area (Å²) in [6.45, 7) is 2.69. The van der Waals surface area contributed by atoms with Crippen LogP contribution >= 0.6 is 0 Å². The molecule has 1 saturated heterocycles. The molecule has 1 saturated carbocycles. The fourth-order valence-electron chi connectivity index (χ4n) is 2.99. The van der Waals surface area contributed by atoms with Crippen LogP contribution in [0.5, 0.6) is 0 Å². The number of anilines is 1. The van der Waals surface area contributed by atoms with E-state index in [9.17, 15) is 9.90 Å². The van der Waals surface area contributed by atoms with E-state index in [0.29, 0.717) is 24.9 Å². The minimum atomic E-state index is -0.869. The Bertz CT molecular complexity index is 763. The topological polar surface area (TPSA) is 88.4 Å². The molecule has 1 aromatic carbocycles. The highest BCUT2D eigenvalue weighted by atomic mass is 16.5. The van der Waals surface area contributed by atoms with E-state index in [1.54, 1.807) is 16.9 Å². The van der Waals surface area contributed by atoms with Crippen molar-refractivity contribution in [1.29, 1.82) is 0 Å². The Kier molecular flexibility index (Phi) is 3.97. The molecule has 1 aliphatic heterocycles. The second-order valence-corrected chi connectivity index (χ2v) is 6.94. The Labute approximate surface area is 146 Å². The van der Waals surface area contributed by atoms with Gasteiger partial charge in [-0.15, -0.1) is 5.10 Å². The Morgan fingerprint density at radius 3 is 2.64 bits per heavy atom. The number of benzene rings is 1. The molecule has 2 aromatic rings. The zero-order chi connectivity index (χ0) is 17.4. The maximum absolute atomic E-state index is 12.0. The summed E-state index contributed by atoms with van der Waals surface area (Å²) >= 11 is 0. The molecule has 7 nitrogen and oxygen atoms in total. The summed E-state index contributed by atoms with van der Waals surface area (Å²) in [5.41, 5.74) is 0.819. The van der Waals surface area contributed by atoms with E-state index in [2.05, 4.69) is 15.7 Å². The first-order valence-electron chi connectivity index (χ1n) is 8.58. The predicted octanol–water partition coefficient (Wildman–Crippen LogP) is 2.01. The first-order valence-corrected chi connectivity index (χ1v) is 8.58. The van der Waals surface area contributed by atoms with Crippen LogP contribution in [0.15, 0.2) is 36.5 Å². The SMILES string of the molecule is C[C@H](NC(=O)Nc1ccn(-c2ccc(C3(O)COC3)cc2)n1)C1CC1. The van der Waals surface area contributed by atoms with Gasteiger partial charge in [0.05, 0.1) is 18.9 Å². The molecule has 1 atom stereocenters. The molecule has 4 rings (SSSR count). The number of ether oxygens (including phenoxy) is 1. The van der Waals surface area contributed by atoms with Crippen molar-refractivity contribution >= 4 is 11.8 Å². The lowest BCUT2D eigenvalue weighted by Gasteiger charge is -2.36. The van der Waals surface area contributed by atoms with E-state index in [1.807, 2.05) is 31.2 Å². The second kappa shape index (κ2) is 6.16. The summed E-state index contributed by atoms with van der Waals surface area (Å²) in [5.74, 6) is 1.10. The lowest BCUT2D eigenvalue weighted by Crippen LogP contribution is -2.46. The van der Waals surface area contributed by atoms with E-state index in [4.69, 9.17) is 4.74 Å². The lowest BCUT2D eigenvalue weighted by atomic mass is 9.92. The first kappa shape index (κ1) is 16.1. The zero-order valence-corrected chi connectivity index (χ0v) is 14.1. The summed E-state index contributed by atoms with van der Waals surface area (Å²) in [5, 5.41) is 20.3. The van der Waals surface area contributed by atoms with Crippen LogP contribution in [0.25, 0.3) is 5.69 Å². The standard InChI is InChI=1S/C18H22N4O3/c1-12(13-2-3-13)19-17(23)20-16-8-9-22(21-16)15-6-4-14(5-7-15)18(24)10-25-11-18/h4-9,12-13,24H,2-3,10-11H2,1H3,(H2,19,20,21,23)/t12-/m0/s1. The highest BCUT2D eigenvalue weighted by Crippen LogP contribution is 2.32. The van der Waals surface area contributed by atoms with Gasteiger partial charge >= 0.3 is 6.03 Å². The largest absolute Gasteiger partial charge is 0.380 e. The van der Waals surface area contributed by atoms with Gasteiger partial charge in [0.15, 0.2) is 5.82 Å². The first-order chi connectivity index (χ1) is 12.0. The average molecular weight is 342 g/mol. The maximum Gasteiger partial charge on any atom is 0.320 e. The summed E-state index contributed by atoms with van der Waals surface area (Å²) in [6, 6.07) is 9.23. The molecule has 0 bridgehead atoms. The van der Waals surface area contributed by atoms with Crippen molar-refractivity contribution in [3.05, 3.63) is 42.1 Å². The number of amides is 2. The maximum atomic E-state index is 12.0. The van der Waals surface area contributed by atoms with E-state index in [1.165, 1.54) is 12.8 Å². The number of carbonyl (C=O) groups is 1. The molecule has 0 spiro atoms. The van der Waals surface area contributed by atoms with Crippen molar-refractivity contribution in [1.82, 2.24) is 15.1 Å². The normalized spacial score (nSPS) is 19.8. The van der Waals surface area contributed by atoms with Crippen LogP contribution in [0.3, 0.4) is 0 Å². The number of aromatic nitrogens is 2. The Morgan fingerprint density at radius 1 is 1.32 bits per heavy atom. The van der Waals surface area contributed by atoms with Gasteiger partial charge in [0.25, 0.3) is 0 Å². The number of aliphatic hydroxyl groups is 1. The van der Waals surface area contributed by atoms with Crippen LogP contribution in [-0.4, -0.2) is 40.2 Å². The van der Waals surface area contributed by atoms with Crippen molar-refractivity contribution in [3.8, 4) is 5.69 Å². The fraction of sp³-hybridized carbons (Fsp3) is 0.444. The molecule has 2 fully saturated rings. The summed E-state index contributed by atoms with van der Waals surface area (Å²) in [7, 11) is 0. The van der Waals surface area contributed by atoms with E-state index < -0.39 is 5.60 Å². The van der Waals surface area contributed by atoms with Crippen molar-refractivity contribution in [3.63, 3.8) is 0 Å². The number of rotatable bonds is 5. The molecular weight excluding hydrogens is 320 g/mol. The quantitative estimate of drug-likeness (QED) is 0.775. The van der Waals surface area contributed by atoms with Crippen LogP contribution < -0.4 is 10.6 Å². The van der Waals surface area contributed by atoms with E-state index in [-0.39, 0.29) is 12.1 Å². The van der Waals surface area contributed by atoms with E-state index >= 15 is 0 Å². The third-order valence-corrected chi connectivity index (χ3v) is 4.87. The number of hydrogen-bond donors (Lipinski definition) is 3. The van der Waals surface area contributed by atoms with Crippen molar-refractivity contribution in [2.75, 3.05) is 18.5 Å². The van der Waals surface area contributed by atoms with Gasteiger partial charge in [0, 0.05) is 18.3 Å². The monoisotopic (exact) mass is 342 g/mol. The van der Waals surface area contributed by atoms with Gasteiger partial charge < -0.3 is 15.2 Å².